The molecular weight excluding hydrogens is 548 g/mol. The molecule has 6 aromatic carbocycles. The molecule has 0 spiro atoms. The standard InChI is InChI=1S/C38H30N2O2S/c41-27-29-11-15-33(16-12-29)39(31-7-3-1-4-8-31)35-19-23-37(24-20-35)43-38-25-21-36(22-26-38)40(32-9-5-2-6-10-32)34-17-13-30(28-42)14-18-34/h1-27,42H,28H2. The van der Waals surface area contributed by atoms with E-state index >= 15 is 0 Å². The van der Waals surface area contributed by atoms with Gasteiger partial charge in [0.1, 0.15) is 6.29 Å². The van der Waals surface area contributed by atoms with Gasteiger partial charge in [0, 0.05) is 49.5 Å². The zero-order valence-corrected chi connectivity index (χ0v) is 24.3. The molecule has 0 aromatic heterocycles. The van der Waals surface area contributed by atoms with Crippen LogP contribution < -0.4 is 9.80 Å². The van der Waals surface area contributed by atoms with Gasteiger partial charge in [0.25, 0.3) is 0 Å². The van der Waals surface area contributed by atoms with Gasteiger partial charge in [0.05, 0.1) is 6.61 Å². The summed E-state index contributed by atoms with van der Waals surface area (Å²) in [7, 11) is 0. The Labute approximate surface area is 256 Å². The number of rotatable bonds is 10. The van der Waals surface area contributed by atoms with Gasteiger partial charge in [-0.05, 0) is 115 Å². The molecule has 0 saturated carbocycles. The van der Waals surface area contributed by atoms with E-state index < -0.39 is 0 Å². The molecule has 0 aliphatic heterocycles. The van der Waals surface area contributed by atoms with Crippen molar-refractivity contribution in [3.63, 3.8) is 0 Å². The highest BCUT2D eigenvalue weighted by molar-refractivity contribution is 7.99. The lowest BCUT2D eigenvalue weighted by molar-refractivity contribution is 0.112. The lowest BCUT2D eigenvalue weighted by atomic mass is 10.1. The van der Waals surface area contributed by atoms with E-state index in [1.807, 2.05) is 84.9 Å². The third-order valence-electron chi connectivity index (χ3n) is 7.12. The van der Waals surface area contributed by atoms with Gasteiger partial charge in [-0.1, -0.05) is 60.3 Å². The number of hydrogen-bond donors (Lipinski definition) is 1. The minimum Gasteiger partial charge on any atom is -0.392 e. The summed E-state index contributed by atoms with van der Waals surface area (Å²) in [4.78, 5) is 17.9. The summed E-state index contributed by atoms with van der Waals surface area (Å²) < 4.78 is 0. The summed E-state index contributed by atoms with van der Waals surface area (Å²) in [5.41, 5.74) is 7.77. The number of aliphatic hydroxyl groups excluding tert-OH is 1. The third-order valence-corrected chi connectivity index (χ3v) is 8.13. The number of carbonyl (C=O) groups excluding carboxylic acids is 1. The molecular formula is C38H30N2O2S. The van der Waals surface area contributed by atoms with Crippen molar-refractivity contribution in [2.75, 3.05) is 9.80 Å². The highest BCUT2D eigenvalue weighted by Gasteiger charge is 2.14. The van der Waals surface area contributed by atoms with Crippen molar-refractivity contribution in [1.82, 2.24) is 0 Å². The quantitative estimate of drug-likeness (QED) is 0.164. The van der Waals surface area contributed by atoms with E-state index in [9.17, 15) is 9.90 Å². The number of hydrogen-bond acceptors (Lipinski definition) is 5. The lowest BCUT2D eigenvalue weighted by Gasteiger charge is -2.26. The SMILES string of the molecule is O=Cc1ccc(N(c2ccccc2)c2ccc(Sc3ccc(N(c4ccccc4)c4ccc(CO)cc4)cc3)cc2)cc1. The Hall–Kier alpha value is -5.10. The van der Waals surface area contributed by atoms with Crippen LogP contribution in [0.15, 0.2) is 168 Å². The Morgan fingerprint density at radius 1 is 0.465 bits per heavy atom. The van der Waals surface area contributed by atoms with Crippen LogP contribution >= 0.6 is 11.8 Å². The average Bonchev–Trinajstić information content (AvgIpc) is 3.08. The van der Waals surface area contributed by atoms with E-state index in [4.69, 9.17) is 0 Å². The molecule has 43 heavy (non-hydrogen) atoms. The van der Waals surface area contributed by atoms with Crippen LogP contribution in [-0.4, -0.2) is 11.4 Å². The Balaban J connectivity index is 1.24. The van der Waals surface area contributed by atoms with E-state index in [2.05, 4.69) is 82.6 Å². The van der Waals surface area contributed by atoms with Crippen molar-refractivity contribution in [3.8, 4) is 0 Å². The van der Waals surface area contributed by atoms with E-state index in [1.165, 1.54) is 0 Å². The average molecular weight is 579 g/mol. The van der Waals surface area contributed by atoms with Gasteiger partial charge < -0.3 is 14.9 Å². The third kappa shape index (κ3) is 6.54. The monoisotopic (exact) mass is 578 g/mol. The summed E-state index contributed by atoms with van der Waals surface area (Å²) >= 11 is 1.72. The highest BCUT2D eigenvalue weighted by atomic mass is 32.2. The van der Waals surface area contributed by atoms with Crippen LogP contribution in [0.25, 0.3) is 0 Å². The number of aliphatic hydroxyl groups is 1. The number of carbonyl (C=O) groups is 1. The van der Waals surface area contributed by atoms with Crippen molar-refractivity contribution in [3.05, 3.63) is 169 Å². The molecule has 0 fully saturated rings. The second-order valence-corrected chi connectivity index (χ2v) is 11.1. The van der Waals surface area contributed by atoms with Gasteiger partial charge in [-0.25, -0.2) is 0 Å². The van der Waals surface area contributed by atoms with Crippen LogP contribution in [0.2, 0.25) is 0 Å². The molecule has 0 aliphatic carbocycles. The summed E-state index contributed by atoms with van der Waals surface area (Å²) in [5.74, 6) is 0. The predicted molar refractivity (Wildman–Crippen MR) is 178 cm³/mol. The first-order valence-electron chi connectivity index (χ1n) is 14.1. The summed E-state index contributed by atoms with van der Waals surface area (Å²) in [5, 5.41) is 9.49. The molecule has 5 heteroatoms. The Morgan fingerprint density at radius 2 is 0.814 bits per heavy atom. The molecule has 0 atom stereocenters. The van der Waals surface area contributed by atoms with Crippen LogP contribution in [-0.2, 0) is 6.61 Å². The maximum Gasteiger partial charge on any atom is 0.150 e. The van der Waals surface area contributed by atoms with Crippen LogP contribution in [0.4, 0.5) is 34.1 Å². The summed E-state index contributed by atoms with van der Waals surface area (Å²) in [6, 6.07) is 53.3. The fourth-order valence-corrected chi connectivity index (χ4v) is 5.78. The number of para-hydroxylation sites is 2. The van der Waals surface area contributed by atoms with E-state index in [0.29, 0.717) is 5.56 Å². The first-order chi connectivity index (χ1) is 21.2. The van der Waals surface area contributed by atoms with Crippen LogP contribution in [0.5, 0.6) is 0 Å². The Morgan fingerprint density at radius 3 is 1.19 bits per heavy atom. The van der Waals surface area contributed by atoms with Crippen molar-refractivity contribution >= 4 is 52.2 Å². The van der Waals surface area contributed by atoms with E-state index in [-0.39, 0.29) is 6.61 Å². The number of nitrogens with zero attached hydrogens (tertiary/aromatic N) is 2. The lowest BCUT2D eigenvalue weighted by Crippen LogP contribution is -2.09. The van der Waals surface area contributed by atoms with E-state index in [1.54, 1.807) is 11.8 Å². The maximum absolute atomic E-state index is 11.2. The molecule has 0 bridgehead atoms. The van der Waals surface area contributed by atoms with Crippen LogP contribution in [0, 0.1) is 0 Å². The number of benzene rings is 6. The molecule has 1 N–H and O–H groups in total. The molecule has 0 heterocycles. The van der Waals surface area contributed by atoms with Gasteiger partial charge in [0.15, 0.2) is 0 Å². The fourth-order valence-electron chi connectivity index (χ4n) is 4.96. The Bertz CT molecular complexity index is 1760. The van der Waals surface area contributed by atoms with Crippen molar-refractivity contribution in [2.24, 2.45) is 0 Å². The minimum absolute atomic E-state index is 0.0251. The van der Waals surface area contributed by atoms with Crippen molar-refractivity contribution in [1.29, 1.82) is 0 Å². The van der Waals surface area contributed by atoms with Gasteiger partial charge >= 0.3 is 0 Å². The predicted octanol–water partition coefficient (Wildman–Crippen LogP) is 10.1. The molecule has 0 unspecified atom stereocenters. The Kier molecular flexibility index (Phi) is 8.64. The van der Waals surface area contributed by atoms with Gasteiger partial charge in [0.2, 0.25) is 0 Å². The first kappa shape index (κ1) is 28.0. The van der Waals surface area contributed by atoms with Gasteiger partial charge in [-0.2, -0.15) is 0 Å². The molecule has 4 nitrogen and oxygen atoms in total. The van der Waals surface area contributed by atoms with Gasteiger partial charge in [-0.15, -0.1) is 0 Å². The smallest absolute Gasteiger partial charge is 0.150 e. The molecule has 0 aliphatic rings. The molecule has 210 valence electrons. The molecule has 0 saturated heterocycles. The molecule has 6 aromatic rings. The summed E-state index contributed by atoms with van der Waals surface area (Å²) in [6.07, 6.45) is 0.865. The number of aldehydes is 1. The van der Waals surface area contributed by atoms with Crippen molar-refractivity contribution in [2.45, 2.75) is 16.4 Å². The second kappa shape index (κ2) is 13.3. The highest BCUT2D eigenvalue weighted by Crippen LogP contribution is 2.38. The summed E-state index contributed by atoms with van der Waals surface area (Å²) in [6.45, 7) is 0.0251. The second-order valence-electron chi connectivity index (χ2n) is 9.97. The molecule has 6 rings (SSSR count). The van der Waals surface area contributed by atoms with Gasteiger partial charge in [-0.3, -0.25) is 4.79 Å². The van der Waals surface area contributed by atoms with E-state index in [0.717, 1.165) is 55.8 Å². The zero-order valence-electron chi connectivity index (χ0n) is 23.5. The number of anilines is 6. The normalized spacial score (nSPS) is 10.7. The first-order valence-corrected chi connectivity index (χ1v) is 14.9. The maximum atomic E-state index is 11.2. The topological polar surface area (TPSA) is 43.8 Å². The zero-order chi connectivity index (χ0) is 29.4. The minimum atomic E-state index is 0.0251. The van der Waals surface area contributed by atoms with Crippen LogP contribution in [0.3, 0.4) is 0 Å². The van der Waals surface area contributed by atoms with Crippen molar-refractivity contribution < 1.29 is 9.90 Å². The fraction of sp³-hybridized carbons (Fsp3) is 0.0263. The largest absolute Gasteiger partial charge is 0.392 e. The molecule has 0 amide bonds. The molecule has 0 radical (unpaired) electrons. The van der Waals surface area contributed by atoms with Crippen LogP contribution in [0.1, 0.15) is 15.9 Å².